The highest BCUT2D eigenvalue weighted by atomic mass is 127. The zero-order chi connectivity index (χ0) is 10.7. The number of rotatable bonds is 3. The molecule has 5 heteroatoms. The Labute approximate surface area is 106 Å². The van der Waals surface area contributed by atoms with E-state index in [0.717, 1.165) is 12.1 Å². The van der Waals surface area contributed by atoms with E-state index in [-0.39, 0.29) is 6.04 Å². The van der Waals surface area contributed by atoms with Crippen molar-refractivity contribution < 1.29 is 0 Å². The van der Waals surface area contributed by atoms with Gasteiger partial charge in [-0.25, -0.2) is 0 Å². The lowest BCUT2D eigenvalue weighted by Crippen LogP contribution is -2.13. The van der Waals surface area contributed by atoms with Gasteiger partial charge in [-0.15, -0.1) is 0 Å². The molecule has 1 aromatic carbocycles. The van der Waals surface area contributed by atoms with E-state index in [2.05, 4.69) is 55.6 Å². The molecule has 0 fully saturated rings. The van der Waals surface area contributed by atoms with Crippen LogP contribution in [0.2, 0.25) is 0 Å². The molecule has 0 spiro atoms. The summed E-state index contributed by atoms with van der Waals surface area (Å²) in [7, 11) is 0. The molecule has 0 aliphatic rings. The number of hydrogen-bond donors (Lipinski definition) is 1. The molecule has 1 atom stereocenters. The summed E-state index contributed by atoms with van der Waals surface area (Å²) in [5.41, 5.74) is 8.12. The highest BCUT2D eigenvalue weighted by molar-refractivity contribution is 14.1. The molecule has 78 valence electrons. The van der Waals surface area contributed by atoms with Gasteiger partial charge in [-0.3, -0.25) is 0 Å². The van der Waals surface area contributed by atoms with Crippen LogP contribution in [0, 0.1) is 3.57 Å². The fourth-order valence-corrected chi connectivity index (χ4v) is 2.15. The first-order valence-corrected chi connectivity index (χ1v) is 6.34. The van der Waals surface area contributed by atoms with Crippen LogP contribution in [0.25, 0.3) is 0 Å². The zero-order valence-electron chi connectivity index (χ0n) is 7.93. The van der Waals surface area contributed by atoms with E-state index in [1.807, 2.05) is 0 Å². The average Bonchev–Trinajstić information content (AvgIpc) is 2.74. The molecule has 0 aliphatic heterocycles. The monoisotopic (exact) mass is 331 g/mol. The van der Waals surface area contributed by atoms with Gasteiger partial charge in [0.2, 0.25) is 0 Å². The Morgan fingerprint density at radius 1 is 1.33 bits per heavy atom. The van der Waals surface area contributed by atoms with Gasteiger partial charge in [0.1, 0.15) is 0 Å². The van der Waals surface area contributed by atoms with Gasteiger partial charge in [0.05, 0.1) is 29.7 Å². The molecular formula is C10H10IN3S. The van der Waals surface area contributed by atoms with Crippen LogP contribution in [0.15, 0.2) is 30.5 Å². The minimum atomic E-state index is -0.0520. The molecule has 0 amide bonds. The van der Waals surface area contributed by atoms with Crippen LogP contribution in [0.4, 0.5) is 0 Å². The Morgan fingerprint density at radius 3 is 2.67 bits per heavy atom. The van der Waals surface area contributed by atoms with E-state index in [9.17, 15) is 0 Å². The predicted octanol–water partition coefficient (Wildman–Crippen LogP) is 2.39. The summed E-state index contributed by atoms with van der Waals surface area (Å²) in [5, 5.41) is 0. The SMILES string of the molecule is NC(Cc1ccc(I)cc1)c1cnsn1. The number of benzene rings is 1. The third kappa shape index (κ3) is 2.96. The van der Waals surface area contributed by atoms with Gasteiger partial charge in [0.15, 0.2) is 0 Å². The fourth-order valence-electron chi connectivity index (χ4n) is 1.31. The van der Waals surface area contributed by atoms with E-state index in [1.165, 1.54) is 20.9 Å². The van der Waals surface area contributed by atoms with Gasteiger partial charge in [0, 0.05) is 3.57 Å². The lowest BCUT2D eigenvalue weighted by atomic mass is 10.1. The third-order valence-electron chi connectivity index (χ3n) is 2.13. The minimum Gasteiger partial charge on any atom is -0.322 e. The quantitative estimate of drug-likeness (QED) is 0.879. The first kappa shape index (κ1) is 11.0. The Balaban J connectivity index is 2.06. The Kier molecular flexibility index (Phi) is 3.66. The van der Waals surface area contributed by atoms with Gasteiger partial charge in [-0.2, -0.15) is 8.75 Å². The molecule has 2 aromatic rings. The number of halogens is 1. The van der Waals surface area contributed by atoms with Crippen molar-refractivity contribution in [3.05, 3.63) is 45.3 Å². The maximum atomic E-state index is 6.01. The van der Waals surface area contributed by atoms with Crippen molar-refractivity contribution in [3.8, 4) is 0 Å². The minimum absolute atomic E-state index is 0.0520. The van der Waals surface area contributed by atoms with Crippen LogP contribution in [0.5, 0.6) is 0 Å². The summed E-state index contributed by atoms with van der Waals surface area (Å²) >= 11 is 3.49. The second-order valence-corrected chi connectivity index (χ2v) is 5.07. The summed E-state index contributed by atoms with van der Waals surface area (Å²) < 4.78 is 9.32. The number of nitrogens with zero attached hydrogens (tertiary/aromatic N) is 2. The number of nitrogens with two attached hydrogens (primary N) is 1. The third-order valence-corrected chi connectivity index (χ3v) is 3.34. The summed E-state index contributed by atoms with van der Waals surface area (Å²) in [6.07, 6.45) is 2.55. The van der Waals surface area contributed by atoms with Crippen molar-refractivity contribution in [2.75, 3.05) is 0 Å². The zero-order valence-corrected chi connectivity index (χ0v) is 10.9. The van der Waals surface area contributed by atoms with Crippen LogP contribution in [0.1, 0.15) is 17.3 Å². The lowest BCUT2D eigenvalue weighted by molar-refractivity contribution is 0.704. The van der Waals surface area contributed by atoms with Crippen molar-refractivity contribution in [1.29, 1.82) is 0 Å². The Bertz CT molecular complexity index is 413. The van der Waals surface area contributed by atoms with Crippen molar-refractivity contribution in [2.45, 2.75) is 12.5 Å². The van der Waals surface area contributed by atoms with Gasteiger partial charge in [-0.1, -0.05) is 12.1 Å². The molecule has 1 aromatic heterocycles. The lowest BCUT2D eigenvalue weighted by Gasteiger charge is -2.07. The molecule has 15 heavy (non-hydrogen) atoms. The first-order valence-electron chi connectivity index (χ1n) is 4.53. The van der Waals surface area contributed by atoms with Gasteiger partial charge >= 0.3 is 0 Å². The van der Waals surface area contributed by atoms with Crippen molar-refractivity contribution in [1.82, 2.24) is 8.75 Å². The van der Waals surface area contributed by atoms with Crippen molar-refractivity contribution in [2.24, 2.45) is 5.73 Å². The van der Waals surface area contributed by atoms with Crippen LogP contribution < -0.4 is 5.73 Å². The standard InChI is InChI=1S/C10H10IN3S/c11-8-3-1-7(2-4-8)5-9(12)10-6-13-15-14-10/h1-4,6,9H,5,12H2. The highest BCUT2D eigenvalue weighted by Crippen LogP contribution is 2.15. The molecular weight excluding hydrogens is 321 g/mol. The van der Waals surface area contributed by atoms with E-state index in [1.54, 1.807) is 6.20 Å². The molecule has 1 unspecified atom stereocenters. The summed E-state index contributed by atoms with van der Waals surface area (Å²) in [4.78, 5) is 0. The van der Waals surface area contributed by atoms with E-state index >= 15 is 0 Å². The molecule has 0 radical (unpaired) electrons. The van der Waals surface area contributed by atoms with E-state index in [4.69, 9.17) is 5.73 Å². The number of aromatic nitrogens is 2. The maximum Gasteiger partial charge on any atom is 0.0913 e. The molecule has 3 nitrogen and oxygen atoms in total. The van der Waals surface area contributed by atoms with Crippen LogP contribution in [-0.4, -0.2) is 8.75 Å². The normalized spacial score (nSPS) is 12.7. The topological polar surface area (TPSA) is 51.8 Å². The first-order chi connectivity index (χ1) is 7.25. The van der Waals surface area contributed by atoms with E-state index < -0.39 is 0 Å². The number of hydrogen-bond acceptors (Lipinski definition) is 4. The Morgan fingerprint density at radius 2 is 2.07 bits per heavy atom. The van der Waals surface area contributed by atoms with Crippen molar-refractivity contribution in [3.63, 3.8) is 0 Å². The predicted molar refractivity (Wildman–Crippen MR) is 69.7 cm³/mol. The van der Waals surface area contributed by atoms with Crippen LogP contribution in [0.3, 0.4) is 0 Å². The molecule has 0 saturated heterocycles. The summed E-state index contributed by atoms with van der Waals surface area (Å²) in [6, 6.07) is 8.32. The molecule has 0 aliphatic carbocycles. The fraction of sp³-hybridized carbons (Fsp3) is 0.200. The highest BCUT2D eigenvalue weighted by Gasteiger charge is 2.09. The molecule has 2 N–H and O–H groups in total. The second kappa shape index (κ2) is 5.00. The van der Waals surface area contributed by atoms with Gasteiger partial charge < -0.3 is 5.73 Å². The second-order valence-electron chi connectivity index (χ2n) is 3.27. The van der Waals surface area contributed by atoms with Crippen molar-refractivity contribution >= 4 is 34.3 Å². The average molecular weight is 331 g/mol. The molecule has 1 heterocycles. The van der Waals surface area contributed by atoms with Gasteiger partial charge in [0.25, 0.3) is 0 Å². The smallest absolute Gasteiger partial charge is 0.0913 e. The van der Waals surface area contributed by atoms with Gasteiger partial charge in [-0.05, 0) is 46.7 Å². The molecule has 0 saturated carbocycles. The van der Waals surface area contributed by atoms with E-state index in [0.29, 0.717) is 0 Å². The van der Waals surface area contributed by atoms with Crippen LogP contribution >= 0.6 is 34.3 Å². The maximum absolute atomic E-state index is 6.01. The summed E-state index contributed by atoms with van der Waals surface area (Å²) in [6.45, 7) is 0. The molecule has 0 bridgehead atoms. The molecule has 2 rings (SSSR count). The van der Waals surface area contributed by atoms with Crippen LogP contribution in [-0.2, 0) is 6.42 Å². The largest absolute Gasteiger partial charge is 0.322 e. The Hall–Kier alpha value is -0.530. The summed E-state index contributed by atoms with van der Waals surface area (Å²) in [5.74, 6) is 0.